The molecular weight excluding hydrogens is 333 g/mol. The normalized spacial score (nSPS) is 13.8. The third-order valence-corrected chi connectivity index (χ3v) is 4.60. The molecule has 6 heteroatoms. The van der Waals surface area contributed by atoms with Gasteiger partial charge >= 0.3 is 0 Å². The van der Waals surface area contributed by atoms with E-state index >= 15 is 0 Å². The number of amides is 1. The number of aromatic nitrogens is 1. The Balaban J connectivity index is 1.56. The first-order valence-corrected chi connectivity index (χ1v) is 8.56. The summed E-state index contributed by atoms with van der Waals surface area (Å²) >= 11 is 0. The quantitative estimate of drug-likeness (QED) is 0.675. The highest BCUT2D eigenvalue weighted by Gasteiger charge is 2.13. The number of nitrogens with one attached hydrogen (secondary N) is 3. The van der Waals surface area contributed by atoms with E-state index in [1.807, 2.05) is 18.2 Å². The lowest BCUT2D eigenvalue weighted by Crippen LogP contribution is -2.15. The van der Waals surface area contributed by atoms with Gasteiger partial charge in [0.05, 0.1) is 5.52 Å². The van der Waals surface area contributed by atoms with Gasteiger partial charge in [0, 0.05) is 29.9 Å². The molecule has 0 bridgehead atoms. The predicted molar refractivity (Wildman–Crippen MR) is 99.9 cm³/mol. The third-order valence-electron chi connectivity index (χ3n) is 4.60. The first kappa shape index (κ1) is 16.3. The molecule has 1 aliphatic heterocycles. The first-order chi connectivity index (χ1) is 12.6. The predicted octanol–water partition coefficient (Wildman–Crippen LogP) is 3.55. The van der Waals surface area contributed by atoms with E-state index in [0.29, 0.717) is 24.0 Å². The van der Waals surface area contributed by atoms with Crippen molar-refractivity contribution < 1.29 is 9.18 Å². The van der Waals surface area contributed by atoms with Gasteiger partial charge in [-0.2, -0.15) is 0 Å². The standard InChI is InChI=1S/C20H18FN3O2/c21-15-5-4-13-8-14(20(26)24-18(13)10-15)11-22-16-6-7-17-12(9-16)2-1-3-19(25)23-17/h4-10,22H,1-3,11H2,(H,23,25)(H,24,26). The van der Waals surface area contributed by atoms with Gasteiger partial charge in [-0.15, -0.1) is 0 Å². The van der Waals surface area contributed by atoms with Crippen LogP contribution < -0.4 is 16.2 Å². The molecule has 3 N–H and O–H groups in total. The first-order valence-electron chi connectivity index (χ1n) is 8.56. The zero-order valence-corrected chi connectivity index (χ0v) is 14.1. The molecule has 26 heavy (non-hydrogen) atoms. The number of aryl methyl sites for hydroxylation is 1. The number of hydrogen-bond acceptors (Lipinski definition) is 3. The van der Waals surface area contributed by atoms with E-state index in [1.165, 1.54) is 12.1 Å². The average Bonchev–Trinajstić information content (AvgIpc) is 2.80. The smallest absolute Gasteiger partial charge is 0.253 e. The van der Waals surface area contributed by atoms with Crippen LogP contribution >= 0.6 is 0 Å². The lowest BCUT2D eigenvalue weighted by molar-refractivity contribution is -0.116. The molecule has 0 saturated carbocycles. The molecule has 0 atom stereocenters. The molecule has 1 aliphatic rings. The topological polar surface area (TPSA) is 74.0 Å². The molecule has 5 nitrogen and oxygen atoms in total. The molecule has 2 heterocycles. The fraction of sp³-hybridized carbons (Fsp3) is 0.200. The Hall–Kier alpha value is -3.15. The lowest BCUT2D eigenvalue weighted by Gasteiger charge is -2.11. The molecule has 132 valence electrons. The van der Waals surface area contributed by atoms with Gasteiger partial charge in [0.15, 0.2) is 0 Å². The van der Waals surface area contributed by atoms with E-state index in [1.54, 1.807) is 12.1 Å². The molecule has 1 aromatic heterocycles. The Morgan fingerprint density at radius 1 is 1.04 bits per heavy atom. The van der Waals surface area contributed by atoms with Crippen molar-refractivity contribution in [2.45, 2.75) is 25.8 Å². The summed E-state index contributed by atoms with van der Waals surface area (Å²) in [6, 6.07) is 11.9. The number of aromatic amines is 1. The van der Waals surface area contributed by atoms with Crippen molar-refractivity contribution >= 4 is 28.2 Å². The number of halogens is 1. The van der Waals surface area contributed by atoms with Crippen LogP contribution in [0.15, 0.2) is 47.3 Å². The average molecular weight is 351 g/mol. The van der Waals surface area contributed by atoms with Crippen molar-refractivity contribution in [1.29, 1.82) is 0 Å². The SMILES string of the molecule is O=C1CCCc2cc(NCc3cc4ccc(F)cc4[nH]c3=O)ccc2N1. The minimum absolute atomic E-state index is 0.0450. The van der Waals surface area contributed by atoms with Gasteiger partial charge in [0.25, 0.3) is 5.56 Å². The highest BCUT2D eigenvalue weighted by atomic mass is 19.1. The molecule has 1 amide bonds. The number of carbonyl (C=O) groups is 1. The van der Waals surface area contributed by atoms with Crippen LogP contribution in [0.4, 0.5) is 15.8 Å². The number of carbonyl (C=O) groups excluding carboxylic acids is 1. The van der Waals surface area contributed by atoms with Crippen LogP contribution in [0.2, 0.25) is 0 Å². The van der Waals surface area contributed by atoms with Gasteiger partial charge < -0.3 is 15.6 Å². The van der Waals surface area contributed by atoms with E-state index in [0.717, 1.165) is 35.2 Å². The zero-order chi connectivity index (χ0) is 18.1. The number of fused-ring (bicyclic) bond motifs is 2. The van der Waals surface area contributed by atoms with Gasteiger partial charge in [-0.25, -0.2) is 4.39 Å². The Labute approximate surface area is 149 Å². The summed E-state index contributed by atoms with van der Waals surface area (Å²) in [4.78, 5) is 26.5. The van der Waals surface area contributed by atoms with Crippen LogP contribution in [0.25, 0.3) is 10.9 Å². The van der Waals surface area contributed by atoms with Crippen molar-refractivity contribution in [2.75, 3.05) is 10.6 Å². The largest absolute Gasteiger partial charge is 0.381 e. The summed E-state index contributed by atoms with van der Waals surface area (Å²) < 4.78 is 13.3. The van der Waals surface area contributed by atoms with Crippen molar-refractivity contribution in [2.24, 2.45) is 0 Å². The number of benzene rings is 2. The van der Waals surface area contributed by atoms with Crippen LogP contribution in [-0.2, 0) is 17.8 Å². The van der Waals surface area contributed by atoms with Crippen LogP contribution in [0, 0.1) is 5.82 Å². The van der Waals surface area contributed by atoms with Gasteiger partial charge in [-0.1, -0.05) is 0 Å². The van der Waals surface area contributed by atoms with Crippen molar-refractivity contribution in [3.05, 3.63) is 69.8 Å². The van der Waals surface area contributed by atoms with Gasteiger partial charge in [0.1, 0.15) is 5.82 Å². The molecule has 0 unspecified atom stereocenters. The number of H-pyrrole nitrogens is 1. The van der Waals surface area contributed by atoms with Crippen LogP contribution in [0.3, 0.4) is 0 Å². The van der Waals surface area contributed by atoms with E-state index in [2.05, 4.69) is 15.6 Å². The maximum Gasteiger partial charge on any atom is 0.253 e. The molecular formula is C20H18FN3O2. The van der Waals surface area contributed by atoms with Gasteiger partial charge in [-0.05, 0) is 66.3 Å². The van der Waals surface area contributed by atoms with Crippen LogP contribution in [0.5, 0.6) is 0 Å². The Kier molecular flexibility index (Phi) is 4.16. The summed E-state index contributed by atoms with van der Waals surface area (Å²) in [5.41, 5.74) is 3.65. The second-order valence-electron chi connectivity index (χ2n) is 6.48. The molecule has 2 aromatic carbocycles. The van der Waals surface area contributed by atoms with Gasteiger partial charge in [-0.3, -0.25) is 9.59 Å². The number of rotatable bonds is 3. The molecule has 0 fully saturated rings. The number of pyridine rings is 1. The summed E-state index contributed by atoms with van der Waals surface area (Å²) in [6.07, 6.45) is 2.19. The van der Waals surface area contributed by atoms with E-state index in [-0.39, 0.29) is 17.3 Å². The second kappa shape index (κ2) is 6.63. The number of hydrogen-bond donors (Lipinski definition) is 3. The van der Waals surface area contributed by atoms with E-state index in [4.69, 9.17) is 0 Å². The maximum atomic E-state index is 13.3. The van der Waals surface area contributed by atoms with Crippen molar-refractivity contribution in [3.63, 3.8) is 0 Å². The molecule has 3 aromatic rings. The maximum absolute atomic E-state index is 13.3. The Morgan fingerprint density at radius 2 is 1.92 bits per heavy atom. The highest BCUT2D eigenvalue weighted by Crippen LogP contribution is 2.25. The zero-order valence-electron chi connectivity index (χ0n) is 14.1. The molecule has 0 radical (unpaired) electrons. The summed E-state index contributed by atoms with van der Waals surface area (Å²) in [5.74, 6) is -0.334. The summed E-state index contributed by atoms with van der Waals surface area (Å²) in [5, 5.41) is 6.94. The number of anilines is 2. The minimum Gasteiger partial charge on any atom is -0.381 e. The second-order valence-corrected chi connectivity index (χ2v) is 6.48. The van der Waals surface area contributed by atoms with Crippen LogP contribution in [-0.4, -0.2) is 10.9 Å². The molecule has 0 spiro atoms. The minimum atomic E-state index is -0.379. The fourth-order valence-electron chi connectivity index (χ4n) is 3.23. The fourth-order valence-corrected chi connectivity index (χ4v) is 3.23. The monoisotopic (exact) mass is 351 g/mol. The molecule has 4 rings (SSSR count). The van der Waals surface area contributed by atoms with Crippen molar-refractivity contribution in [3.8, 4) is 0 Å². The Morgan fingerprint density at radius 3 is 2.81 bits per heavy atom. The Bertz CT molecular complexity index is 1060. The van der Waals surface area contributed by atoms with Gasteiger partial charge in [0.2, 0.25) is 5.91 Å². The van der Waals surface area contributed by atoms with Crippen LogP contribution in [0.1, 0.15) is 24.0 Å². The third kappa shape index (κ3) is 3.31. The highest BCUT2D eigenvalue weighted by molar-refractivity contribution is 5.92. The lowest BCUT2D eigenvalue weighted by atomic mass is 10.1. The molecule has 0 aliphatic carbocycles. The van der Waals surface area contributed by atoms with Crippen molar-refractivity contribution in [1.82, 2.24) is 4.98 Å². The van der Waals surface area contributed by atoms with E-state index < -0.39 is 0 Å². The van der Waals surface area contributed by atoms with E-state index in [9.17, 15) is 14.0 Å². The summed E-state index contributed by atoms with van der Waals surface area (Å²) in [6.45, 7) is 0.355. The molecule has 0 saturated heterocycles. The summed E-state index contributed by atoms with van der Waals surface area (Å²) in [7, 11) is 0.